The Morgan fingerprint density at radius 3 is 2.61 bits per heavy atom. The molecule has 1 nitrogen and oxygen atoms in total. The fraction of sp³-hybridized carbons (Fsp3) is 0.600. The average molecular weight is 332 g/mol. The van der Waals surface area contributed by atoms with Crippen LogP contribution in [0.2, 0.25) is 0 Å². The summed E-state index contributed by atoms with van der Waals surface area (Å²) < 4.78 is 6.53. The molecule has 1 aromatic carbocycles. The molecule has 0 spiro atoms. The lowest BCUT2D eigenvalue weighted by Gasteiger charge is -2.30. The van der Waals surface area contributed by atoms with Gasteiger partial charge in [-0.05, 0) is 58.8 Å². The summed E-state index contributed by atoms with van der Waals surface area (Å²) in [7, 11) is 0. The van der Waals surface area contributed by atoms with Crippen LogP contribution in [0.5, 0.6) is 5.75 Å². The lowest BCUT2D eigenvalue weighted by Crippen LogP contribution is -2.18. The Balaban J connectivity index is 2.20. The zero-order valence-electron chi connectivity index (χ0n) is 11.0. The van der Waals surface area contributed by atoms with Crippen molar-refractivity contribution in [1.82, 2.24) is 0 Å². The first-order chi connectivity index (χ1) is 8.57. The van der Waals surface area contributed by atoms with Crippen molar-refractivity contribution in [3.63, 3.8) is 0 Å². The van der Waals surface area contributed by atoms with E-state index in [1.165, 1.54) is 31.2 Å². The average Bonchev–Trinajstić information content (AvgIpc) is 2.79. The molecule has 3 heteroatoms. The van der Waals surface area contributed by atoms with Gasteiger partial charge in [-0.1, -0.05) is 25.8 Å². The molecule has 1 aliphatic rings. The van der Waals surface area contributed by atoms with E-state index in [4.69, 9.17) is 16.3 Å². The topological polar surface area (TPSA) is 9.23 Å². The summed E-state index contributed by atoms with van der Waals surface area (Å²) in [5.41, 5.74) is 1.44. The lowest BCUT2D eigenvalue weighted by molar-refractivity contribution is 0.320. The van der Waals surface area contributed by atoms with Crippen molar-refractivity contribution in [2.24, 2.45) is 5.41 Å². The Hall–Kier alpha value is -0.210. The quantitative estimate of drug-likeness (QED) is 0.642. The lowest BCUT2D eigenvalue weighted by atomic mass is 9.81. The highest BCUT2D eigenvalue weighted by atomic mass is 79.9. The molecular weight excluding hydrogens is 312 g/mol. The van der Waals surface area contributed by atoms with Crippen molar-refractivity contribution in [1.29, 1.82) is 0 Å². The largest absolute Gasteiger partial charge is 0.493 e. The number of hydrogen-bond donors (Lipinski definition) is 0. The molecular formula is C15H20BrClO. The highest BCUT2D eigenvalue weighted by molar-refractivity contribution is 9.10. The van der Waals surface area contributed by atoms with Gasteiger partial charge in [0.25, 0.3) is 0 Å². The van der Waals surface area contributed by atoms with Gasteiger partial charge in [-0.15, -0.1) is 11.6 Å². The van der Waals surface area contributed by atoms with Crippen LogP contribution >= 0.6 is 27.5 Å². The highest BCUT2D eigenvalue weighted by Crippen LogP contribution is 2.51. The van der Waals surface area contributed by atoms with Gasteiger partial charge in [0.2, 0.25) is 0 Å². The number of hydrogen-bond acceptors (Lipinski definition) is 1. The first-order valence-corrected chi connectivity index (χ1v) is 7.86. The summed E-state index contributed by atoms with van der Waals surface area (Å²) in [6, 6.07) is 6.21. The maximum absolute atomic E-state index is 6.69. The van der Waals surface area contributed by atoms with Crippen LogP contribution in [0.3, 0.4) is 0 Å². The van der Waals surface area contributed by atoms with Crippen molar-refractivity contribution in [2.45, 2.75) is 44.9 Å². The fourth-order valence-corrected chi connectivity index (χ4v) is 3.65. The molecule has 0 saturated heterocycles. The smallest absolute Gasteiger partial charge is 0.133 e. The van der Waals surface area contributed by atoms with E-state index in [-0.39, 0.29) is 10.8 Å². The second kappa shape index (κ2) is 5.83. The van der Waals surface area contributed by atoms with Crippen molar-refractivity contribution >= 4 is 27.5 Å². The number of alkyl halides is 1. The van der Waals surface area contributed by atoms with Crippen LogP contribution in [0.15, 0.2) is 22.7 Å². The molecule has 0 aliphatic heterocycles. The molecule has 100 valence electrons. The molecule has 1 aromatic rings. The van der Waals surface area contributed by atoms with Crippen LogP contribution in [-0.2, 0) is 0 Å². The van der Waals surface area contributed by atoms with Gasteiger partial charge in [0.15, 0.2) is 0 Å². The highest BCUT2D eigenvalue weighted by Gasteiger charge is 2.36. The summed E-state index contributed by atoms with van der Waals surface area (Å²) >= 11 is 10.3. The summed E-state index contributed by atoms with van der Waals surface area (Å²) in [4.78, 5) is 0. The molecule has 1 aliphatic carbocycles. The molecule has 0 N–H and O–H groups in total. The molecule has 0 radical (unpaired) electrons. The van der Waals surface area contributed by atoms with Crippen LogP contribution < -0.4 is 4.74 Å². The van der Waals surface area contributed by atoms with Gasteiger partial charge in [0, 0.05) is 0 Å². The van der Waals surface area contributed by atoms with Gasteiger partial charge in [-0.3, -0.25) is 0 Å². The Morgan fingerprint density at radius 2 is 2.06 bits per heavy atom. The van der Waals surface area contributed by atoms with Crippen LogP contribution in [0.4, 0.5) is 0 Å². The van der Waals surface area contributed by atoms with Crippen molar-refractivity contribution < 1.29 is 4.74 Å². The summed E-state index contributed by atoms with van der Waals surface area (Å²) in [5.74, 6) is 0.890. The first kappa shape index (κ1) is 14.2. The van der Waals surface area contributed by atoms with Crippen molar-refractivity contribution in [3.8, 4) is 5.75 Å². The van der Waals surface area contributed by atoms with E-state index in [2.05, 4.69) is 35.0 Å². The maximum Gasteiger partial charge on any atom is 0.133 e. The van der Waals surface area contributed by atoms with E-state index < -0.39 is 0 Å². The maximum atomic E-state index is 6.69. The molecule has 1 unspecified atom stereocenters. The normalized spacial score (nSPS) is 19.8. The third-order valence-corrected chi connectivity index (χ3v) is 5.30. The minimum Gasteiger partial charge on any atom is -0.493 e. The van der Waals surface area contributed by atoms with E-state index in [0.717, 1.165) is 10.2 Å². The van der Waals surface area contributed by atoms with Crippen LogP contribution in [0.1, 0.15) is 50.5 Å². The monoisotopic (exact) mass is 330 g/mol. The summed E-state index contributed by atoms with van der Waals surface area (Å²) in [6.07, 6.45) is 5.06. The van der Waals surface area contributed by atoms with E-state index in [1.54, 1.807) is 0 Å². The molecule has 0 bridgehead atoms. The number of rotatable bonds is 4. The first-order valence-electron chi connectivity index (χ1n) is 6.63. The van der Waals surface area contributed by atoms with E-state index in [0.29, 0.717) is 6.61 Å². The summed E-state index contributed by atoms with van der Waals surface area (Å²) in [5, 5.41) is 0.0898. The predicted molar refractivity (Wildman–Crippen MR) is 80.5 cm³/mol. The predicted octanol–water partition coefficient (Wildman–Crippen LogP) is 5.71. The number of benzene rings is 1. The molecule has 1 fully saturated rings. The van der Waals surface area contributed by atoms with Crippen molar-refractivity contribution in [2.75, 3.05) is 6.61 Å². The van der Waals surface area contributed by atoms with Gasteiger partial charge in [-0.25, -0.2) is 0 Å². The van der Waals surface area contributed by atoms with E-state index in [9.17, 15) is 0 Å². The van der Waals surface area contributed by atoms with Crippen LogP contribution in [0.25, 0.3) is 0 Å². The van der Waals surface area contributed by atoms with Gasteiger partial charge in [0.1, 0.15) is 5.75 Å². The van der Waals surface area contributed by atoms with Gasteiger partial charge in [0.05, 0.1) is 16.5 Å². The zero-order chi connectivity index (χ0) is 13.2. The second-order valence-electron chi connectivity index (χ2n) is 5.35. The van der Waals surface area contributed by atoms with E-state index in [1.807, 2.05) is 13.0 Å². The SMILES string of the molecule is CCOc1ccc(C(Cl)C2(C)CCCC2)cc1Br. The van der Waals surface area contributed by atoms with Gasteiger partial charge < -0.3 is 4.74 Å². The molecule has 1 saturated carbocycles. The van der Waals surface area contributed by atoms with Crippen LogP contribution in [0, 0.1) is 5.41 Å². The minimum absolute atomic E-state index is 0.0898. The minimum atomic E-state index is 0.0898. The Kier molecular flexibility index (Phi) is 4.60. The van der Waals surface area contributed by atoms with E-state index >= 15 is 0 Å². The molecule has 0 aromatic heterocycles. The number of ether oxygens (including phenoxy) is 1. The Bertz CT molecular complexity index is 413. The van der Waals surface area contributed by atoms with Crippen LogP contribution in [-0.4, -0.2) is 6.61 Å². The Labute approximate surface area is 123 Å². The zero-order valence-corrected chi connectivity index (χ0v) is 13.4. The summed E-state index contributed by atoms with van der Waals surface area (Å²) in [6.45, 7) is 4.98. The third-order valence-electron chi connectivity index (χ3n) is 3.91. The molecule has 0 heterocycles. The second-order valence-corrected chi connectivity index (χ2v) is 6.64. The molecule has 0 amide bonds. The molecule has 2 rings (SSSR count). The Morgan fingerprint density at radius 1 is 1.39 bits per heavy atom. The van der Waals surface area contributed by atoms with Crippen molar-refractivity contribution in [3.05, 3.63) is 28.2 Å². The third kappa shape index (κ3) is 2.85. The van der Waals surface area contributed by atoms with Gasteiger partial charge in [-0.2, -0.15) is 0 Å². The van der Waals surface area contributed by atoms with Gasteiger partial charge >= 0.3 is 0 Å². The molecule has 1 atom stereocenters. The molecule has 18 heavy (non-hydrogen) atoms. The number of halogens is 2. The fourth-order valence-electron chi connectivity index (χ4n) is 2.79. The standard InChI is InChI=1S/C15H20BrClO/c1-3-18-13-7-6-11(10-12(13)16)14(17)15(2)8-4-5-9-15/h6-7,10,14H,3-5,8-9H2,1-2H3.